The Hall–Kier alpha value is -0.180. The Morgan fingerprint density at radius 1 is 1.86 bits per heavy atom. The molecule has 0 bridgehead atoms. The van der Waals surface area contributed by atoms with Crippen LogP contribution < -0.4 is 0 Å². The molecule has 2 atom stereocenters. The molecule has 0 radical (unpaired) electrons. The fourth-order valence-corrected chi connectivity index (χ4v) is 0.400. The molecule has 1 aliphatic rings. The third-order valence-electron chi connectivity index (χ3n) is 1.10. The highest BCUT2D eigenvalue weighted by Gasteiger charge is 2.55. The Morgan fingerprint density at radius 3 is 2.29 bits per heavy atom. The average Bonchev–Trinajstić information content (AvgIpc) is 2.18. The van der Waals surface area contributed by atoms with E-state index in [1.807, 2.05) is 0 Å². The maximum atomic E-state index is 12.0. The van der Waals surface area contributed by atoms with Gasteiger partial charge in [-0.15, -0.1) is 0 Å². The monoisotopic (exact) mass is 108 g/mol. The van der Waals surface area contributed by atoms with Gasteiger partial charge in [-0.2, -0.15) is 0 Å². The fourth-order valence-electron chi connectivity index (χ4n) is 0.400. The summed E-state index contributed by atoms with van der Waals surface area (Å²) in [5.74, 6) is -1.92. The van der Waals surface area contributed by atoms with Crippen LogP contribution in [0.25, 0.3) is 0 Å². The lowest BCUT2D eigenvalue weighted by Gasteiger charge is -1.86. The second kappa shape index (κ2) is 1.15. The fraction of sp³-hybridized carbons (Fsp3) is 1.00. The first-order valence-electron chi connectivity index (χ1n) is 2.12. The first-order valence-corrected chi connectivity index (χ1v) is 2.12. The van der Waals surface area contributed by atoms with Crippen LogP contribution >= 0.6 is 0 Å². The molecule has 1 rings (SSSR count). The van der Waals surface area contributed by atoms with Crippen LogP contribution in [-0.2, 0) is 4.74 Å². The van der Waals surface area contributed by atoms with Crippen LogP contribution in [0.3, 0.4) is 0 Å². The number of alkyl halides is 2. The molecule has 2 unspecified atom stereocenters. The second-order valence-corrected chi connectivity index (χ2v) is 1.68. The van der Waals surface area contributed by atoms with Crippen molar-refractivity contribution >= 4 is 0 Å². The number of ether oxygens (including phenoxy) is 1. The lowest BCUT2D eigenvalue weighted by molar-refractivity contribution is 0.107. The molecule has 0 aliphatic carbocycles. The summed E-state index contributed by atoms with van der Waals surface area (Å²) in [6.07, 6.45) is -0.530. The summed E-state index contributed by atoms with van der Waals surface area (Å²) in [6.45, 7) is 0.480. The molecule has 0 saturated carbocycles. The quantitative estimate of drug-likeness (QED) is 0.457. The topological polar surface area (TPSA) is 12.5 Å². The summed E-state index contributed by atoms with van der Waals surface area (Å²) in [5.41, 5.74) is 0. The third-order valence-corrected chi connectivity index (χ3v) is 1.10. The standard InChI is InChI=1S/C4H6F2O/c1-3-4(6,2-5)7-3/h3H,2H2,1H3. The van der Waals surface area contributed by atoms with E-state index in [1.54, 1.807) is 0 Å². The van der Waals surface area contributed by atoms with Gasteiger partial charge in [0.15, 0.2) is 6.67 Å². The maximum absolute atomic E-state index is 12.0. The van der Waals surface area contributed by atoms with Gasteiger partial charge in [-0.25, -0.2) is 8.78 Å². The minimum absolute atomic E-state index is 0.530. The molecule has 1 nitrogen and oxygen atoms in total. The van der Waals surface area contributed by atoms with Crippen LogP contribution in [-0.4, -0.2) is 18.6 Å². The zero-order valence-electron chi connectivity index (χ0n) is 3.95. The van der Waals surface area contributed by atoms with Crippen molar-refractivity contribution in [3.63, 3.8) is 0 Å². The van der Waals surface area contributed by atoms with Gasteiger partial charge in [0.05, 0.1) is 0 Å². The first-order chi connectivity index (χ1) is 3.19. The Morgan fingerprint density at radius 2 is 2.29 bits per heavy atom. The van der Waals surface area contributed by atoms with E-state index in [0.29, 0.717) is 0 Å². The molecule has 0 aromatic heterocycles. The van der Waals surface area contributed by atoms with E-state index in [-0.39, 0.29) is 0 Å². The van der Waals surface area contributed by atoms with Gasteiger partial charge >= 0.3 is 0 Å². The van der Waals surface area contributed by atoms with E-state index in [4.69, 9.17) is 0 Å². The lowest BCUT2D eigenvalue weighted by Crippen LogP contribution is -2.07. The average molecular weight is 108 g/mol. The summed E-state index contributed by atoms with van der Waals surface area (Å²) in [7, 11) is 0. The summed E-state index contributed by atoms with van der Waals surface area (Å²) in [4.78, 5) is 0. The molecule has 0 N–H and O–H groups in total. The zero-order chi connectivity index (χ0) is 5.49. The van der Waals surface area contributed by atoms with E-state index in [9.17, 15) is 8.78 Å². The van der Waals surface area contributed by atoms with E-state index < -0.39 is 18.6 Å². The highest BCUT2D eigenvalue weighted by atomic mass is 19.2. The Balaban J connectivity index is 2.36. The molecule has 1 heterocycles. The van der Waals surface area contributed by atoms with Gasteiger partial charge in [0, 0.05) is 0 Å². The van der Waals surface area contributed by atoms with Crippen LogP contribution in [0.15, 0.2) is 0 Å². The van der Waals surface area contributed by atoms with E-state index in [0.717, 1.165) is 0 Å². The molecule has 0 amide bonds. The highest BCUT2D eigenvalue weighted by molar-refractivity contribution is 4.88. The highest BCUT2D eigenvalue weighted by Crippen LogP contribution is 2.37. The molecular weight excluding hydrogens is 102 g/mol. The smallest absolute Gasteiger partial charge is 0.264 e. The molecule has 7 heavy (non-hydrogen) atoms. The number of epoxide rings is 1. The molecule has 0 aromatic rings. The first kappa shape index (κ1) is 4.97. The minimum atomic E-state index is -1.92. The molecule has 42 valence electrons. The van der Waals surface area contributed by atoms with Gasteiger partial charge in [0.1, 0.15) is 6.10 Å². The van der Waals surface area contributed by atoms with Crippen LogP contribution in [0.5, 0.6) is 0 Å². The van der Waals surface area contributed by atoms with Gasteiger partial charge in [-0.05, 0) is 6.92 Å². The van der Waals surface area contributed by atoms with Gasteiger partial charge in [-0.3, -0.25) is 0 Å². The van der Waals surface area contributed by atoms with Crippen LogP contribution in [0, 0.1) is 0 Å². The van der Waals surface area contributed by atoms with Crippen LogP contribution in [0.1, 0.15) is 6.92 Å². The van der Waals surface area contributed by atoms with Gasteiger partial charge in [-0.1, -0.05) is 0 Å². The van der Waals surface area contributed by atoms with Gasteiger partial charge in [0.2, 0.25) is 0 Å². The molecule has 1 aliphatic heterocycles. The number of halogens is 2. The van der Waals surface area contributed by atoms with Crippen molar-refractivity contribution in [2.75, 3.05) is 6.67 Å². The summed E-state index contributed by atoms with van der Waals surface area (Å²) in [5, 5.41) is 0. The van der Waals surface area contributed by atoms with Crippen molar-refractivity contribution in [2.45, 2.75) is 18.9 Å². The van der Waals surface area contributed by atoms with Crippen molar-refractivity contribution in [2.24, 2.45) is 0 Å². The van der Waals surface area contributed by atoms with Gasteiger partial charge < -0.3 is 4.74 Å². The van der Waals surface area contributed by atoms with E-state index in [1.165, 1.54) is 6.92 Å². The third kappa shape index (κ3) is 0.608. The zero-order valence-corrected chi connectivity index (χ0v) is 3.95. The van der Waals surface area contributed by atoms with Crippen molar-refractivity contribution < 1.29 is 13.5 Å². The predicted molar refractivity (Wildman–Crippen MR) is 20.4 cm³/mol. The minimum Gasteiger partial charge on any atom is -0.333 e. The number of rotatable bonds is 1. The van der Waals surface area contributed by atoms with Gasteiger partial charge in [0.25, 0.3) is 5.85 Å². The predicted octanol–water partition coefficient (Wildman–Crippen LogP) is 1.04. The molecule has 0 spiro atoms. The summed E-state index contributed by atoms with van der Waals surface area (Å²) >= 11 is 0. The summed E-state index contributed by atoms with van der Waals surface area (Å²) < 4.78 is 27.6. The molecule has 1 saturated heterocycles. The largest absolute Gasteiger partial charge is 0.333 e. The van der Waals surface area contributed by atoms with Crippen molar-refractivity contribution in [1.29, 1.82) is 0 Å². The molecule has 1 fully saturated rings. The normalized spacial score (nSPS) is 49.3. The maximum Gasteiger partial charge on any atom is 0.264 e. The summed E-state index contributed by atoms with van der Waals surface area (Å²) in [6, 6.07) is 0. The Bertz CT molecular complexity index is 81.8. The molecular formula is C4H6F2O. The number of hydrogen-bond donors (Lipinski definition) is 0. The SMILES string of the molecule is CC1OC1(F)CF. The molecule has 0 aromatic carbocycles. The van der Waals surface area contributed by atoms with Crippen LogP contribution in [0.4, 0.5) is 8.78 Å². The Kier molecular flexibility index (Phi) is 0.819. The number of hydrogen-bond acceptors (Lipinski definition) is 1. The lowest BCUT2D eigenvalue weighted by atomic mass is 10.3. The van der Waals surface area contributed by atoms with Crippen LogP contribution in [0.2, 0.25) is 0 Å². The van der Waals surface area contributed by atoms with Crippen molar-refractivity contribution in [3.8, 4) is 0 Å². The van der Waals surface area contributed by atoms with E-state index >= 15 is 0 Å². The van der Waals surface area contributed by atoms with Crippen molar-refractivity contribution in [1.82, 2.24) is 0 Å². The van der Waals surface area contributed by atoms with E-state index in [2.05, 4.69) is 4.74 Å². The second-order valence-electron chi connectivity index (χ2n) is 1.68. The Labute approximate surface area is 40.3 Å². The molecule has 3 heteroatoms. The van der Waals surface area contributed by atoms with Crippen molar-refractivity contribution in [3.05, 3.63) is 0 Å².